The van der Waals surface area contributed by atoms with Crippen molar-refractivity contribution in [2.45, 2.75) is 40.0 Å². The Morgan fingerprint density at radius 2 is 1.67 bits per heavy atom. The summed E-state index contributed by atoms with van der Waals surface area (Å²) < 4.78 is 5.70. The molecule has 0 saturated heterocycles. The number of ether oxygens (including phenoxy) is 1. The lowest BCUT2D eigenvalue weighted by Gasteiger charge is -2.19. The van der Waals surface area contributed by atoms with Crippen LogP contribution in [0.4, 0.5) is 0 Å². The minimum absolute atomic E-state index is 0.944. The van der Waals surface area contributed by atoms with Gasteiger partial charge in [-0.05, 0) is 43.9 Å². The van der Waals surface area contributed by atoms with E-state index in [1.54, 1.807) is 0 Å². The number of hydrogen-bond donors (Lipinski definition) is 0. The van der Waals surface area contributed by atoms with Crippen molar-refractivity contribution < 1.29 is 4.74 Å². The summed E-state index contributed by atoms with van der Waals surface area (Å²) in [7, 11) is 0. The Labute approximate surface area is 92.8 Å². The predicted molar refractivity (Wildman–Crippen MR) is 65.0 cm³/mol. The maximum Gasteiger partial charge on any atom is 0.126 e. The van der Waals surface area contributed by atoms with Gasteiger partial charge in [0.05, 0.1) is 0 Å². The van der Waals surface area contributed by atoms with E-state index in [4.69, 9.17) is 4.74 Å². The van der Waals surface area contributed by atoms with Gasteiger partial charge >= 0.3 is 0 Å². The summed E-state index contributed by atoms with van der Waals surface area (Å²) >= 11 is 0. The second-order valence-electron chi connectivity index (χ2n) is 3.43. The fourth-order valence-electron chi connectivity index (χ4n) is 1.44. The van der Waals surface area contributed by atoms with Crippen molar-refractivity contribution >= 4 is 0 Å². The molecule has 0 atom stereocenters. The second kappa shape index (κ2) is 6.28. The topological polar surface area (TPSA) is 9.23 Å². The number of rotatable bonds is 2. The summed E-state index contributed by atoms with van der Waals surface area (Å²) in [6.07, 6.45) is 3.77. The maximum absolute atomic E-state index is 5.70. The Morgan fingerprint density at radius 1 is 1.07 bits per heavy atom. The smallest absolute Gasteiger partial charge is 0.126 e. The van der Waals surface area contributed by atoms with E-state index in [2.05, 4.69) is 6.92 Å². The molecule has 1 fully saturated rings. The number of benzene rings is 1. The standard InChI is InChI=1S/C12H14O.C2H6/c1-10(11-6-5-7-11)13-12-8-3-2-4-9-12;1-2/h2-4,8-9H,5-7H2,1H3;1-2H3. The van der Waals surface area contributed by atoms with Gasteiger partial charge in [0, 0.05) is 0 Å². The van der Waals surface area contributed by atoms with E-state index in [0.29, 0.717) is 0 Å². The van der Waals surface area contributed by atoms with Crippen molar-refractivity contribution in [3.8, 4) is 5.75 Å². The highest BCUT2D eigenvalue weighted by Gasteiger charge is 2.12. The maximum atomic E-state index is 5.70. The Hall–Kier alpha value is -1.24. The predicted octanol–water partition coefficient (Wildman–Crippen LogP) is 4.55. The molecule has 15 heavy (non-hydrogen) atoms. The van der Waals surface area contributed by atoms with Crippen LogP contribution in [0, 0.1) is 0 Å². The molecular weight excluding hydrogens is 184 g/mol. The van der Waals surface area contributed by atoms with Crippen LogP contribution < -0.4 is 4.74 Å². The van der Waals surface area contributed by atoms with Crippen LogP contribution >= 0.6 is 0 Å². The van der Waals surface area contributed by atoms with Gasteiger partial charge in [-0.1, -0.05) is 32.0 Å². The second-order valence-corrected chi connectivity index (χ2v) is 3.43. The van der Waals surface area contributed by atoms with E-state index in [1.165, 1.54) is 24.8 Å². The van der Waals surface area contributed by atoms with Crippen molar-refractivity contribution in [2.75, 3.05) is 0 Å². The van der Waals surface area contributed by atoms with E-state index in [0.717, 1.165) is 11.5 Å². The van der Waals surface area contributed by atoms with Crippen LogP contribution in [0.25, 0.3) is 0 Å². The zero-order valence-corrected chi connectivity index (χ0v) is 9.92. The zero-order valence-electron chi connectivity index (χ0n) is 9.92. The van der Waals surface area contributed by atoms with Crippen molar-refractivity contribution in [1.82, 2.24) is 0 Å². The largest absolute Gasteiger partial charge is 0.462 e. The molecular formula is C14H20O. The van der Waals surface area contributed by atoms with Crippen LogP contribution in [0.3, 0.4) is 0 Å². The zero-order chi connectivity index (χ0) is 11.1. The summed E-state index contributed by atoms with van der Waals surface area (Å²) in [6.45, 7) is 6.06. The normalized spacial score (nSPS) is 13.4. The molecule has 0 bridgehead atoms. The van der Waals surface area contributed by atoms with Gasteiger partial charge in [0.1, 0.15) is 11.5 Å². The quantitative estimate of drug-likeness (QED) is 0.642. The molecule has 0 N–H and O–H groups in total. The number of para-hydroxylation sites is 1. The highest BCUT2D eigenvalue weighted by atomic mass is 16.5. The van der Waals surface area contributed by atoms with E-state index >= 15 is 0 Å². The van der Waals surface area contributed by atoms with E-state index < -0.39 is 0 Å². The average molecular weight is 204 g/mol. The van der Waals surface area contributed by atoms with Gasteiger partial charge in [0.25, 0.3) is 0 Å². The molecule has 1 heteroatoms. The van der Waals surface area contributed by atoms with E-state index in [9.17, 15) is 0 Å². The SMILES string of the molecule is CC.CC(Oc1ccccc1)=C1CCC1. The molecule has 0 heterocycles. The van der Waals surface area contributed by atoms with Gasteiger partial charge in [0.15, 0.2) is 0 Å². The lowest BCUT2D eigenvalue weighted by atomic mass is 9.91. The first-order valence-corrected chi connectivity index (χ1v) is 5.78. The van der Waals surface area contributed by atoms with Crippen LogP contribution in [0.2, 0.25) is 0 Å². The summed E-state index contributed by atoms with van der Waals surface area (Å²) in [4.78, 5) is 0. The molecule has 1 aromatic carbocycles. The summed E-state index contributed by atoms with van der Waals surface area (Å²) in [5.74, 6) is 2.04. The van der Waals surface area contributed by atoms with E-state index in [1.807, 2.05) is 44.2 Å². The third kappa shape index (κ3) is 3.43. The minimum atomic E-state index is 0.944. The van der Waals surface area contributed by atoms with Gasteiger partial charge in [0.2, 0.25) is 0 Å². The number of allylic oxidation sites excluding steroid dienone is 2. The number of hydrogen-bond acceptors (Lipinski definition) is 1. The fourth-order valence-corrected chi connectivity index (χ4v) is 1.44. The molecule has 1 aliphatic carbocycles. The van der Waals surface area contributed by atoms with Gasteiger partial charge < -0.3 is 4.74 Å². The van der Waals surface area contributed by atoms with Crippen LogP contribution in [-0.4, -0.2) is 0 Å². The Kier molecular flexibility index (Phi) is 4.96. The lowest BCUT2D eigenvalue weighted by Crippen LogP contribution is -2.04. The molecule has 0 radical (unpaired) electrons. The molecule has 82 valence electrons. The fraction of sp³-hybridized carbons (Fsp3) is 0.429. The molecule has 1 aromatic rings. The van der Waals surface area contributed by atoms with E-state index in [-0.39, 0.29) is 0 Å². The van der Waals surface area contributed by atoms with Crippen LogP contribution in [0.1, 0.15) is 40.0 Å². The first kappa shape index (κ1) is 11.8. The third-order valence-corrected chi connectivity index (χ3v) is 2.47. The van der Waals surface area contributed by atoms with Gasteiger partial charge in [-0.3, -0.25) is 0 Å². The Morgan fingerprint density at radius 3 is 2.13 bits per heavy atom. The van der Waals surface area contributed by atoms with Crippen LogP contribution in [0.15, 0.2) is 41.7 Å². The first-order valence-electron chi connectivity index (χ1n) is 5.78. The van der Waals surface area contributed by atoms with Crippen molar-refractivity contribution in [2.24, 2.45) is 0 Å². The molecule has 0 aromatic heterocycles. The molecule has 1 aliphatic rings. The Bertz CT molecular complexity index is 305. The minimum Gasteiger partial charge on any atom is -0.462 e. The summed E-state index contributed by atoms with van der Waals surface area (Å²) in [5.41, 5.74) is 1.48. The van der Waals surface area contributed by atoms with Gasteiger partial charge in [-0.15, -0.1) is 0 Å². The monoisotopic (exact) mass is 204 g/mol. The van der Waals surface area contributed by atoms with Gasteiger partial charge in [-0.25, -0.2) is 0 Å². The van der Waals surface area contributed by atoms with Gasteiger partial charge in [-0.2, -0.15) is 0 Å². The van der Waals surface area contributed by atoms with Crippen LogP contribution in [0.5, 0.6) is 5.75 Å². The molecule has 2 rings (SSSR count). The lowest BCUT2D eigenvalue weighted by molar-refractivity contribution is 0.403. The summed E-state index contributed by atoms with van der Waals surface area (Å²) in [6, 6.07) is 9.96. The van der Waals surface area contributed by atoms with Crippen molar-refractivity contribution in [3.05, 3.63) is 41.7 Å². The van der Waals surface area contributed by atoms with Crippen LogP contribution in [-0.2, 0) is 0 Å². The third-order valence-electron chi connectivity index (χ3n) is 2.47. The highest BCUT2D eigenvalue weighted by Crippen LogP contribution is 2.29. The van der Waals surface area contributed by atoms with Crippen molar-refractivity contribution in [3.63, 3.8) is 0 Å². The highest BCUT2D eigenvalue weighted by molar-refractivity contribution is 5.25. The Balaban J connectivity index is 0.000000531. The average Bonchev–Trinajstić information content (AvgIpc) is 2.19. The first-order chi connectivity index (χ1) is 7.36. The summed E-state index contributed by atoms with van der Waals surface area (Å²) in [5, 5.41) is 0. The molecule has 0 amide bonds. The molecule has 0 spiro atoms. The van der Waals surface area contributed by atoms with Crippen molar-refractivity contribution in [1.29, 1.82) is 0 Å². The molecule has 1 saturated carbocycles. The molecule has 1 nitrogen and oxygen atoms in total. The molecule has 0 aliphatic heterocycles. The molecule has 0 unspecified atom stereocenters.